The van der Waals surface area contributed by atoms with Gasteiger partial charge in [0.1, 0.15) is 25.4 Å². The molecule has 0 aromatic carbocycles. The Labute approximate surface area is 179 Å². The molecule has 0 aromatic rings. The smallest absolute Gasteiger partial charge is 0.303 e. The van der Waals surface area contributed by atoms with Gasteiger partial charge in [-0.1, -0.05) is 6.58 Å². The fraction of sp³-hybridized carbons (Fsp3) is 0.650. The Kier molecular flexibility index (Phi) is 10.1. The Morgan fingerprint density at radius 1 is 0.677 bits per heavy atom. The molecule has 0 N–H and O–H groups in total. The summed E-state index contributed by atoms with van der Waals surface area (Å²) in [5.41, 5.74) is 0.427. The summed E-state index contributed by atoms with van der Waals surface area (Å²) in [6.07, 6.45) is -5.55. The van der Waals surface area contributed by atoms with Gasteiger partial charge in [0.2, 0.25) is 0 Å². The van der Waals surface area contributed by atoms with E-state index in [2.05, 4.69) is 6.58 Å². The molecule has 11 heteroatoms. The molecule has 1 fully saturated rings. The van der Waals surface area contributed by atoms with Gasteiger partial charge in [0, 0.05) is 41.0 Å². The van der Waals surface area contributed by atoms with Crippen LogP contribution in [0.25, 0.3) is 0 Å². The van der Waals surface area contributed by atoms with E-state index in [1.807, 2.05) is 0 Å². The van der Waals surface area contributed by atoms with Gasteiger partial charge < -0.3 is 28.4 Å². The zero-order valence-corrected chi connectivity index (χ0v) is 18.2. The van der Waals surface area contributed by atoms with Crippen LogP contribution in [-0.2, 0) is 52.4 Å². The minimum absolute atomic E-state index is 0.0480. The molecule has 174 valence electrons. The summed E-state index contributed by atoms with van der Waals surface area (Å²) in [6.45, 7) is 9.25. The first kappa shape index (κ1) is 26.1. The first-order valence-electron chi connectivity index (χ1n) is 9.51. The van der Waals surface area contributed by atoms with Crippen molar-refractivity contribution in [2.45, 2.75) is 71.6 Å². The molecular formula is C20H28O11. The maximum absolute atomic E-state index is 11.7. The second-order valence-corrected chi connectivity index (χ2v) is 6.97. The number of esters is 5. The predicted molar refractivity (Wildman–Crippen MR) is 102 cm³/mol. The molecule has 0 aromatic heterocycles. The monoisotopic (exact) mass is 444 g/mol. The standard InChI is InChI=1S/C20H28O11/c1-10(8-26-11(2)21)7-16-18(28-13(4)23)20(30-15(6)25)19(29-14(5)24)17(31-16)9-27-12(3)22/h16-20H,1,7-9H2,2-6H3/t16-,17-,18+,19+,20-/m1/s1. The highest BCUT2D eigenvalue weighted by Gasteiger charge is 2.52. The van der Waals surface area contributed by atoms with Crippen molar-refractivity contribution in [3.63, 3.8) is 0 Å². The van der Waals surface area contributed by atoms with Crippen LogP contribution < -0.4 is 0 Å². The Morgan fingerprint density at radius 2 is 1.13 bits per heavy atom. The van der Waals surface area contributed by atoms with E-state index < -0.39 is 60.4 Å². The first-order chi connectivity index (χ1) is 14.4. The highest BCUT2D eigenvalue weighted by molar-refractivity contribution is 5.69. The fourth-order valence-electron chi connectivity index (χ4n) is 3.03. The lowest BCUT2D eigenvalue weighted by atomic mass is 9.91. The second-order valence-electron chi connectivity index (χ2n) is 6.97. The largest absolute Gasteiger partial charge is 0.463 e. The van der Waals surface area contributed by atoms with Gasteiger partial charge in [-0.3, -0.25) is 24.0 Å². The van der Waals surface area contributed by atoms with E-state index in [9.17, 15) is 24.0 Å². The average Bonchev–Trinajstić information content (AvgIpc) is 2.62. The molecular weight excluding hydrogens is 416 g/mol. The maximum atomic E-state index is 11.7. The van der Waals surface area contributed by atoms with Crippen LogP contribution in [0.15, 0.2) is 12.2 Å². The van der Waals surface area contributed by atoms with Gasteiger partial charge in [0.25, 0.3) is 0 Å². The van der Waals surface area contributed by atoms with Crippen molar-refractivity contribution in [1.29, 1.82) is 0 Å². The van der Waals surface area contributed by atoms with Crippen molar-refractivity contribution in [2.75, 3.05) is 13.2 Å². The average molecular weight is 444 g/mol. The van der Waals surface area contributed by atoms with Crippen LogP contribution in [0.5, 0.6) is 0 Å². The van der Waals surface area contributed by atoms with Gasteiger partial charge >= 0.3 is 29.8 Å². The van der Waals surface area contributed by atoms with E-state index in [0.717, 1.165) is 20.8 Å². The van der Waals surface area contributed by atoms with Crippen molar-refractivity contribution < 1.29 is 52.4 Å². The predicted octanol–water partition coefficient (Wildman–Crippen LogP) is 0.621. The first-order valence-corrected chi connectivity index (χ1v) is 9.51. The highest BCUT2D eigenvalue weighted by Crippen LogP contribution is 2.32. The Morgan fingerprint density at radius 3 is 1.58 bits per heavy atom. The lowest BCUT2D eigenvalue weighted by Crippen LogP contribution is -2.62. The summed E-state index contributed by atoms with van der Waals surface area (Å²) >= 11 is 0. The van der Waals surface area contributed by atoms with Gasteiger partial charge in [-0.25, -0.2) is 0 Å². The molecule has 0 unspecified atom stereocenters. The van der Waals surface area contributed by atoms with E-state index in [1.54, 1.807) is 0 Å². The van der Waals surface area contributed by atoms with Crippen molar-refractivity contribution in [3.05, 3.63) is 12.2 Å². The van der Waals surface area contributed by atoms with Crippen molar-refractivity contribution in [3.8, 4) is 0 Å². The fourth-order valence-corrected chi connectivity index (χ4v) is 3.03. The second kappa shape index (κ2) is 12.0. The zero-order chi connectivity index (χ0) is 23.7. The summed E-state index contributed by atoms with van der Waals surface area (Å²) in [4.78, 5) is 57.5. The quantitative estimate of drug-likeness (QED) is 0.281. The summed E-state index contributed by atoms with van der Waals surface area (Å²) < 4.78 is 31.8. The normalized spacial score (nSPS) is 25.0. The Balaban J connectivity index is 3.27. The minimum Gasteiger partial charge on any atom is -0.463 e. The Hall–Kier alpha value is -2.95. The van der Waals surface area contributed by atoms with Gasteiger partial charge in [0.05, 0.1) is 0 Å². The van der Waals surface area contributed by atoms with Crippen molar-refractivity contribution >= 4 is 29.8 Å². The molecule has 11 nitrogen and oxygen atoms in total. The molecule has 1 rings (SSSR count). The van der Waals surface area contributed by atoms with E-state index in [4.69, 9.17) is 28.4 Å². The lowest BCUT2D eigenvalue weighted by Gasteiger charge is -2.44. The molecule has 31 heavy (non-hydrogen) atoms. The molecule has 1 aliphatic rings. The summed E-state index contributed by atoms with van der Waals surface area (Å²) in [5.74, 6) is -3.24. The zero-order valence-electron chi connectivity index (χ0n) is 18.2. The number of carbonyl (C=O) groups is 5. The molecule has 0 radical (unpaired) electrons. The SMILES string of the molecule is C=C(COC(C)=O)C[C@H]1O[C@H](COC(C)=O)[C@H](OC(C)=O)[C@H](OC(C)=O)[C@H]1OC(C)=O. The number of rotatable bonds is 9. The van der Waals surface area contributed by atoms with Crippen molar-refractivity contribution in [2.24, 2.45) is 0 Å². The lowest BCUT2D eigenvalue weighted by molar-refractivity contribution is -0.252. The summed E-state index contributed by atoms with van der Waals surface area (Å²) in [5, 5.41) is 0. The number of hydrogen-bond donors (Lipinski definition) is 0. The van der Waals surface area contributed by atoms with Crippen LogP contribution in [0.1, 0.15) is 41.0 Å². The third-order valence-corrected chi connectivity index (χ3v) is 4.06. The van der Waals surface area contributed by atoms with E-state index in [1.165, 1.54) is 13.8 Å². The molecule has 5 atom stereocenters. The number of ether oxygens (including phenoxy) is 6. The topological polar surface area (TPSA) is 141 Å². The van der Waals surface area contributed by atoms with Crippen LogP contribution >= 0.6 is 0 Å². The van der Waals surface area contributed by atoms with Gasteiger partial charge in [-0.2, -0.15) is 0 Å². The third-order valence-electron chi connectivity index (χ3n) is 4.06. The highest BCUT2D eigenvalue weighted by atomic mass is 16.7. The molecule has 0 spiro atoms. The molecule has 0 saturated carbocycles. The van der Waals surface area contributed by atoms with Crippen LogP contribution in [0.4, 0.5) is 0 Å². The maximum Gasteiger partial charge on any atom is 0.303 e. The molecule has 1 saturated heterocycles. The minimum atomic E-state index is -1.24. The van der Waals surface area contributed by atoms with E-state index in [-0.39, 0.29) is 19.6 Å². The van der Waals surface area contributed by atoms with Gasteiger partial charge in [0.15, 0.2) is 18.3 Å². The molecule has 0 bridgehead atoms. The Bertz CT molecular complexity index is 714. The number of hydrogen-bond acceptors (Lipinski definition) is 11. The molecule has 0 amide bonds. The third kappa shape index (κ3) is 9.16. The van der Waals surface area contributed by atoms with Gasteiger partial charge in [-0.15, -0.1) is 0 Å². The van der Waals surface area contributed by atoms with E-state index in [0.29, 0.717) is 5.57 Å². The molecule has 1 aliphatic heterocycles. The number of carbonyl (C=O) groups excluding carboxylic acids is 5. The van der Waals surface area contributed by atoms with Crippen molar-refractivity contribution in [1.82, 2.24) is 0 Å². The van der Waals surface area contributed by atoms with Crippen LogP contribution in [-0.4, -0.2) is 73.6 Å². The molecule has 0 aliphatic carbocycles. The molecule has 1 heterocycles. The summed E-state index contributed by atoms with van der Waals surface area (Å²) in [7, 11) is 0. The van der Waals surface area contributed by atoms with Crippen LogP contribution in [0.2, 0.25) is 0 Å². The van der Waals surface area contributed by atoms with Crippen LogP contribution in [0.3, 0.4) is 0 Å². The van der Waals surface area contributed by atoms with E-state index >= 15 is 0 Å². The van der Waals surface area contributed by atoms with Gasteiger partial charge in [-0.05, 0) is 5.57 Å². The summed E-state index contributed by atoms with van der Waals surface area (Å²) in [6, 6.07) is 0. The van der Waals surface area contributed by atoms with Crippen LogP contribution in [0, 0.1) is 0 Å².